The molecule has 6 atom stereocenters. The molecule has 2 aromatic carbocycles. The van der Waals surface area contributed by atoms with E-state index in [4.69, 9.17) is 9.47 Å². The van der Waals surface area contributed by atoms with Crippen LogP contribution in [0.25, 0.3) is 0 Å². The van der Waals surface area contributed by atoms with Gasteiger partial charge in [-0.05, 0) is 24.3 Å². The summed E-state index contributed by atoms with van der Waals surface area (Å²) in [6.07, 6.45) is -10.3. The summed E-state index contributed by atoms with van der Waals surface area (Å²) in [5, 5.41) is 40.9. The molecule has 0 spiro atoms. The van der Waals surface area contributed by atoms with Gasteiger partial charge in [0, 0.05) is 0 Å². The lowest BCUT2D eigenvalue weighted by Gasteiger charge is -2.42. The molecule has 3 rings (SSSR count). The summed E-state index contributed by atoms with van der Waals surface area (Å²) < 4.78 is 10.3. The van der Waals surface area contributed by atoms with Crippen LogP contribution >= 0.6 is 0 Å². The predicted octanol–water partition coefficient (Wildman–Crippen LogP) is -0.105. The van der Waals surface area contributed by atoms with Gasteiger partial charge in [0.1, 0.15) is 24.4 Å². The van der Waals surface area contributed by atoms with Crippen LogP contribution in [0.1, 0.15) is 20.7 Å². The minimum atomic E-state index is -1.80. The maximum atomic E-state index is 12.2. The van der Waals surface area contributed by atoms with Crippen LogP contribution in [-0.4, -0.2) is 69.0 Å². The molecule has 0 bridgehead atoms. The fourth-order valence-electron chi connectivity index (χ4n) is 2.99. The molecule has 4 N–H and O–H groups in total. The molecular formula is C20H20O8. The Hall–Kier alpha value is -2.78. The zero-order valence-electron chi connectivity index (χ0n) is 14.7. The van der Waals surface area contributed by atoms with Crippen molar-refractivity contribution >= 4 is 11.9 Å². The van der Waals surface area contributed by atoms with Gasteiger partial charge in [0.05, 0.1) is 11.1 Å². The number of aliphatic hydroxyl groups excluding tert-OH is 4. The summed E-state index contributed by atoms with van der Waals surface area (Å²) >= 11 is 0. The van der Waals surface area contributed by atoms with E-state index in [1.807, 2.05) is 0 Å². The summed E-state index contributed by atoms with van der Waals surface area (Å²) in [5.74, 6) is -1.69. The minimum Gasteiger partial charge on any atom is -0.453 e. The Labute approximate surface area is 160 Å². The minimum absolute atomic E-state index is 0.167. The SMILES string of the molecule is O=C(O[C@H]1C(O)[C@H](OC(=O)c2ccccc2)[C@@H](O)C(O)[C@H]1O)c1ccccc1. The second-order valence-electron chi connectivity index (χ2n) is 6.43. The summed E-state index contributed by atoms with van der Waals surface area (Å²) in [5.41, 5.74) is 0.334. The highest BCUT2D eigenvalue weighted by atomic mass is 16.6. The molecule has 148 valence electrons. The smallest absolute Gasteiger partial charge is 0.338 e. The highest BCUT2D eigenvalue weighted by Gasteiger charge is 2.52. The number of rotatable bonds is 4. The van der Waals surface area contributed by atoms with Crippen LogP contribution in [0.2, 0.25) is 0 Å². The molecule has 1 saturated carbocycles. The molecule has 0 aliphatic heterocycles. The number of hydrogen-bond donors (Lipinski definition) is 4. The van der Waals surface area contributed by atoms with Crippen molar-refractivity contribution in [2.24, 2.45) is 0 Å². The van der Waals surface area contributed by atoms with Crippen molar-refractivity contribution in [2.75, 3.05) is 0 Å². The van der Waals surface area contributed by atoms with Gasteiger partial charge in [-0.2, -0.15) is 0 Å². The van der Waals surface area contributed by atoms with Crippen LogP contribution < -0.4 is 0 Å². The highest BCUT2D eigenvalue weighted by Crippen LogP contribution is 2.27. The third-order valence-corrected chi connectivity index (χ3v) is 4.55. The van der Waals surface area contributed by atoms with Gasteiger partial charge >= 0.3 is 11.9 Å². The number of hydrogen-bond acceptors (Lipinski definition) is 8. The number of ether oxygens (including phenoxy) is 2. The van der Waals surface area contributed by atoms with Crippen LogP contribution in [0.15, 0.2) is 60.7 Å². The topological polar surface area (TPSA) is 134 Å². The van der Waals surface area contributed by atoms with E-state index >= 15 is 0 Å². The molecule has 1 aliphatic carbocycles. The van der Waals surface area contributed by atoms with E-state index in [-0.39, 0.29) is 11.1 Å². The third-order valence-electron chi connectivity index (χ3n) is 4.55. The van der Waals surface area contributed by atoms with Crippen molar-refractivity contribution in [3.05, 3.63) is 71.8 Å². The monoisotopic (exact) mass is 388 g/mol. The first-order chi connectivity index (χ1) is 13.4. The molecule has 8 heteroatoms. The molecule has 0 aromatic heterocycles. The van der Waals surface area contributed by atoms with E-state index in [1.54, 1.807) is 36.4 Å². The Balaban J connectivity index is 1.77. The van der Waals surface area contributed by atoms with Crippen LogP contribution in [0, 0.1) is 0 Å². The van der Waals surface area contributed by atoms with E-state index in [9.17, 15) is 30.0 Å². The van der Waals surface area contributed by atoms with Gasteiger partial charge in [0.15, 0.2) is 12.2 Å². The Bertz CT molecular complexity index is 742. The maximum Gasteiger partial charge on any atom is 0.338 e. The lowest BCUT2D eigenvalue weighted by Crippen LogP contribution is -2.65. The first-order valence-corrected chi connectivity index (χ1v) is 8.64. The van der Waals surface area contributed by atoms with E-state index in [1.165, 1.54) is 24.3 Å². The first kappa shape index (κ1) is 20.0. The lowest BCUT2D eigenvalue weighted by atomic mass is 9.84. The van der Waals surface area contributed by atoms with Crippen molar-refractivity contribution < 1.29 is 39.5 Å². The normalized spacial score (nSPS) is 29.7. The predicted molar refractivity (Wildman–Crippen MR) is 95.3 cm³/mol. The quantitative estimate of drug-likeness (QED) is 0.534. The van der Waals surface area contributed by atoms with Crippen molar-refractivity contribution in [3.63, 3.8) is 0 Å². The summed E-state index contributed by atoms with van der Waals surface area (Å²) in [6, 6.07) is 15.7. The second kappa shape index (κ2) is 8.49. The zero-order chi connectivity index (χ0) is 20.3. The van der Waals surface area contributed by atoms with Crippen LogP contribution in [0.3, 0.4) is 0 Å². The number of carbonyl (C=O) groups excluding carboxylic acids is 2. The largest absolute Gasteiger partial charge is 0.453 e. The second-order valence-corrected chi connectivity index (χ2v) is 6.43. The number of carbonyl (C=O) groups is 2. The van der Waals surface area contributed by atoms with Crippen LogP contribution in [0.5, 0.6) is 0 Å². The third kappa shape index (κ3) is 4.05. The van der Waals surface area contributed by atoms with E-state index in [0.29, 0.717) is 0 Å². The number of esters is 2. The van der Waals surface area contributed by atoms with Crippen LogP contribution in [-0.2, 0) is 9.47 Å². The standard InChI is InChI=1S/C20H20O8/c21-13-14(22)17(27-19(25)11-7-3-1-4-8-11)16(24)18(15(13)23)28-20(26)12-9-5-2-6-10-12/h1-10,13-18,21-24H/t13?,14-,15+,16?,17-,18-/m1/s1. The van der Waals surface area contributed by atoms with Crippen molar-refractivity contribution in [1.82, 2.24) is 0 Å². The van der Waals surface area contributed by atoms with Gasteiger partial charge in [0.25, 0.3) is 0 Å². The van der Waals surface area contributed by atoms with Gasteiger partial charge in [-0.25, -0.2) is 9.59 Å². The lowest BCUT2D eigenvalue weighted by molar-refractivity contribution is -0.223. The first-order valence-electron chi connectivity index (χ1n) is 8.64. The average molecular weight is 388 g/mol. The zero-order valence-corrected chi connectivity index (χ0v) is 14.7. The Morgan fingerprint density at radius 2 is 0.929 bits per heavy atom. The van der Waals surface area contributed by atoms with Crippen molar-refractivity contribution in [2.45, 2.75) is 36.6 Å². The highest BCUT2D eigenvalue weighted by molar-refractivity contribution is 5.90. The summed E-state index contributed by atoms with van der Waals surface area (Å²) in [6.45, 7) is 0. The van der Waals surface area contributed by atoms with Crippen LogP contribution in [0.4, 0.5) is 0 Å². The molecule has 1 fully saturated rings. The van der Waals surface area contributed by atoms with E-state index < -0.39 is 48.6 Å². The van der Waals surface area contributed by atoms with Gasteiger partial charge in [-0.15, -0.1) is 0 Å². The maximum absolute atomic E-state index is 12.2. The molecule has 0 radical (unpaired) electrons. The average Bonchev–Trinajstić information content (AvgIpc) is 2.73. The van der Waals surface area contributed by atoms with Gasteiger partial charge in [-0.1, -0.05) is 36.4 Å². The molecule has 0 heterocycles. The molecule has 1 aliphatic rings. The van der Waals surface area contributed by atoms with Crippen molar-refractivity contribution in [1.29, 1.82) is 0 Å². The van der Waals surface area contributed by atoms with Gasteiger partial charge < -0.3 is 29.9 Å². The molecule has 28 heavy (non-hydrogen) atoms. The Morgan fingerprint density at radius 1 is 0.571 bits per heavy atom. The van der Waals surface area contributed by atoms with E-state index in [2.05, 4.69) is 0 Å². The summed E-state index contributed by atoms with van der Waals surface area (Å²) in [4.78, 5) is 24.5. The fraction of sp³-hybridized carbons (Fsp3) is 0.300. The van der Waals surface area contributed by atoms with Gasteiger partial charge in [-0.3, -0.25) is 0 Å². The molecular weight excluding hydrogens is 368 g/mol. The van der Waals surface area contributed by atoms with Crippen molar-refractivity contribution in [3.8, 4) is 0 Å². The number of aliphatic hydroxyl groups is 4. The Morgan fingerprint density at radius 3 is 1.29 bits per heavy atom. The van der Waals surface area contributed by atoms with Gasteiger partial charge in [0.2, 0.25) is 0 Å². The summed E-state index contributed by atoms with van der Waals surface area (Å²) in [7, 11) is 0. The molecule has 0 amide bonds. The fourth-order valence-corrected chi connectivity index (χ4v) is 2.99. The molecule has 2 aromatic rings. The Kier molecular flexibility index (Phi) is 6.05. The molecule has 2 unspecified atom stereocenters. The molecule has 0 saturated heterocycles. The number of benzene rings is 2. The molecule has 8 nitrogen and oxygen atoms in total. The van der Waals surface area contributed by atoms with E-state index in [0.717, 1.165) is 0 Å².